The molecule has 9 N–H and O–H groups in total. The monoisotopic (exact) mass is 2170 g/mol. The first-order valence-electron chi connectivity index (χ1n) is 47.4. The van der Waals surface area contributed by atoms with Crippen molar-refractivity contribution in [3.8, 4) is 5.75 Å². The molecule has 0 saturated carbocycles. The van der Waals surface area contributed by atoms with Crippen LogP contribution in [0.25, 0.3) is 0 Å². The molecule has 0 atom stereocenters. The van der Waals surface area contributed by atoms with Gasteiger partial charge in [-0.3, -0.25) is 38.1 Å². The number of methoxy groups -OCH3 is 1. The molecule has 5 aromatic rings. The van der Waals surface area contributed by atoms with Gasteiger partial charge in [-0.25, -0.2) is 31.9 Å². The number of primary sulfonamides is 2. The summed E-state index contributed by atoms with van der Waals surface area (Å²) in [6, 6.07) is 27.7. The number of nitrogens with one attached hydrogen (secondary N) is 3. The smallest absolute Gasteiger partial charge is 0.425 e. The zero-order chi connectivity index (χ0) is 107. The van der Waals surface area contributed by atoms with Gasteiger partial charge >= 0.3 is 27.3 Å². The first kappa shape index (κ1) is 125. The number of carbonyl (C=O) groups is 5. The van der Waals surface area contributed by atoms with E-state index in [1.54, 1.807) is 24.3 Å². The van der Waals surface area contributed by atoms with Crippen molar-refractivity contribution in [1.29, 1.82) is 0 Å². The minimum atomic E-state index is -4.45. The van der Waals surface area contributed by atoms with Gasteiger partial charge in [-0.05, 0) is 178 Å². The Hall–Kier alpha value is -9.96. The fourth-order valence-electron chi connectivity index (χ4n) is 15.2. The summed E-state index contributed by atoms with van der Waals surface area (Å²) >= 11 is 0. The lowest BCUT2D eigenvalue weighted by Crippen LogP contribution is -2.47. The highest BCUT2D eigenvalue weighted by Gasteiger charge is 2.46. The lowest BCUT2D eigenvalue weighted by atomic mass is 9.81. The van der Waals surface area contributed by atoms with E-state index in [0.717, 1.165) is 108 Å². The number of allylic oxidation sites excluding steroid dienone is 7. The maximum Gasteiger partial charge on any atom is 0.425 e. The van der Waals surface area contributed by atoms with Crippen LogP contribution in [0.4, 0.5) is 27.5 Å². The SMILES string of the molecule is CCCCN1/C(=C/C=C2\CCCC(/C=C/C3=[N+](CCCC)c4ccc(S(=O)(=O)O)cc4C3(C)C)=C2Oc2ccc(CCCC(=O)CCOCCOCCOCCOCCOCCOCCOCCOCCOCCOCCOCCOCCNC(=O)CN(CCN(CC(=O)Nc3ccc(S(N)(=O)=O)cc3)C(=O)OC)CC(=O)Nc3ccc(S(N)(=O)=O)cc3)cc2)C(C)(C)c2cc(S(=O)(=O)O)ccc21.O=S(=O)=O.O=S(=O)=O. The van der Waals surface area contributed by atoms with Crippen LogP contribution < -0.4 is 35.9 Å². The molecule has 812 valence electrons. The number of nitrogens with zero attached hydrogens (tertiary/aromatic N) is 4. The number of unbranched alkanes of at least 4 members (excludes halogenated alkanes) is 2. The van der Waals surface area contributed by atoms with Crippen molar-refractivity contribution >= 4 is 120 Å². The molecule has 0 unspecified atom stereocenters. The van der Waals surface area contributed by atoms with E-state index in [0.29, 0.717) is 189 Å². The summed E-state index contributed by atoms with van der Waals surface area (Å²) in [7, 11) is -22.0. The Bertz CT molecular complexity index is 5860. The van der Waals surface area contributed by atoms with E-state index in [1.807, 2.05) is 24.3 Å². The number of aryl methyl sites for hydroxylation is 1. The molecule has 50 heteroatoms. The Morgan fingerprint density at radius 1 is 0.479 bits per heavy atom. The fourth-order valence-corrected chi connectivity index (χ4v) is 17.3. The van der Waals surface area contributed by atoms with E-state index in [1.165, 1.54) is 65.6 Å². The Labute approximate surface area is 857 Å². The van der Waals surface area contributed by atoms with Crippen LogP contribution in [0.2, 0.25) is 0 Å². The Balaban J connectivity index is 0.00000392. The topological polar surface area (TPSA) is 595 Å². The van der Waals surface area contributed by atoms with E-state index in [2.05, 4.69) is 91.3 Å². The van der Waals surface area contributed by atoms with Crippen molar-refractivity contribution in [1.82, 2.24) is 15.1 Å². The lowest BCUT2D eigenvalue weighted by Gasteiger charge is -2.27. The molecule has 1 aliphatic carbocycles. The van der Waals surface area contributed by atoms with Gasteiger partial charge in [0, 0.05) is 91.3 Å². The zero-order valence-corrected chi connectivity index (χ0v) is 88.3. The second-order valence-corrected chi connectivity index (χ2v) is 40.9. The number of anilines is 3. The third-order valence-electron chi connectivity index (χ3n) is 22.5. The van der Waals surface area contributed by atoms with Gasteiger partial charge in [-0.15, -0.1) is 25.3 Å². The number of nitrogens with two attached hydrogens (primary N) is 2. The van der Waals surface area contributed by atoms with Crippen LogP contribution in [-0.2, 0) is 160 Å². The average molecular weight is 2170 g/mol. The summed E-state index contributed by atoms with van der Waals surface area (Å²) in [6.07, 6.45) is 15.6. The van der Waals surface area contributed by atoms with Crippen LogP contribution in [0.5, 0.6) is 5.75 Å². The number of carbonyl (C=O) groups excluding carboxylic acids is 5. The number of hydrogen-bond acceptors (Lipinski definition) is 35. The number of fused-ring (bicyclic) bond motifs is 2. The van der Waals surface area contributed by atoms with Crippen LogP contribution in [0.3, 0.4) is 0 Å². The molecule has 3 aliphatic rings. The minimum absolute atomic E-state index is 0.104. The molecular formula is C96H138N9O35S6+. The summed E-state index contributed by atoms with van der Waals surface area (Å²) in [4.78, 5) is 69.0. The number of benzene rings is 5. The van der Waals surface area contributed by atoms with Crippen molar-refractivity contribution in [3.05, 3.63) is 173 Å². The van der Waals surface area contributed by atoms with Crippen LogP contribution in [0.1, 0.15) is 122 Å². The highest BCUT2D eigenvalue weighted by molar-refractivity contribution is 7.89. The molecule has 146 heavy (non-hydrogen) atoms. The maximum absolute atomic E-state index is 13.2. The van der Waals surface area contributed by atoms with Crippen LogP contribution in [0.15, 0.2) is 176 Å². The van der Waals surface area contributed by atoms with Gasteiger partial charge < -0.3 is 87.2 Å². The van der Waals surface area contributed by atoms with E-state index in [-0.39, 0.29) is 89.3 Å². The summed E-state index contributed by atoms with van der Waals surface area (Å²) in [5.74, 6) is -0.286. The van der Waals surface area contributed by atoms with Crippen LogP contribution >= 0.6 is 0 Å². The molecule has 0 spiro atoms. The van der Waals surface area contributed by atoms with Crippen molar-refractivity contribution in [2.24, 2.45) is 10.3 Å². The molecule has 0 bridgehead atoms. The van der Waals surface area contributed by atoms with E-state index in [9.17, 15) is 66.7 Å². The molecule has 0 aromatic heterocycles. The molecule has 5 aromatic carbocycles. The molecule has 0 radical (unpaired) electrons. The predicted molar refractivity (Wildman–Crippen MR) is 537 cm³/mol. The van der Waals surface area contributed by atoms with Crippen LogP contribution in [0, 0.1) is 0 Å². The standard InChI is InChI=1S/C96H137N9O29S4.2O3S/c1-8-10-40-104-86-34-32-82(137(115,116)117)68-84(86)95(3,4)88(104)36-20-74-15-13-16-75(21-37-89-96(5,6)85-69-83(138(118,119)120)33-35-87(85)105(89)41-11-9-2)93(74)134-79-26-18-73(19-27-79)14-12-17-78(106)38-44-122-46-48-124-50-52-126-54-56-128-58-60-130-62-64-132-66-67-133-65-63-131-61-59-129-57-55-127-53-51-125-49-47-123-45-39-99-90(107)70-102(71-91(108)100-76-22-28-80(29-23-76)135(97,111)112)42-43-103(94(110)121-7)72-92(109)101-77-24-30-81(31-25-77)136(98,113)114;2*1-4(2)3/h18-37,68-69H,8-17,38-67,70-72H2,1-7H3,(H8-,97,98,99,100,101,107,108,109,111,112,113,114,115,116,117,118,119,120);;/p+1. The van der Waals surface area contributed by atoms with Gasteiger partial charge in [0.05, 0.1) is 204 Å². The van der Waals surface area contributed by atoms with Gasteiger partial charge in [0.25, 0.3) is 20.2 Å². The number of rotatable bonds is 69. The summed E-state index contributed by atoms with van der Waals surface area (Å²) in [5, 5.41) is 18.2. The highest BCUT2D eigenvalue weighted by atomic mass is 32.2. The zero-order valence-electron chi connectivity index (χ0n) is 83.4. The minimum Gasteiger partial charge on any atom is -0.457 e. The number of amides is 4. The number of ether oxygens (including phenoxy) is 14. The molecule has 2 heterocycles. The van der Waals surface area contributed by atoms with E-state index < -0.39 is 103 Å². The molecule has 0 fully saturated rings. The summed E-state index contributed by atoms with van der Waals surface area (Å²) < 4.78 is 248. The molecule has 0 saturated heterocycles. The Morgan fingerprint density at radius 2 is 0.904 bits per heavy atom. The first-order valence-corrected chi connectivity index (χ1v) is 55.4. The second-order valence-electron chi connectivity index (χ2n) is 34.1. The average Bonchev–Trinajstić information content (AvgIpc) is 1.59. The Kier molecular flexibility index (Phi) is 56.2. The Morgan fingerprint density at radius 3 is 1.35 bits per heavy atom. The van der Waals surface area contributed by atoms with Crippen molar-refractivity contribution in [3.63, 3.8) is 0 Å². The van der Waals surface area contributed by atoms with Gasteiger partial charge in [-0.2, -0.15) is 21.4 Å². The first-order chi connectivity index (χ1) is 69.5. The summed E-state index contributed by atoms with van der Waals surface area (Å²) in [6.45, 7) is 21.2. The molecular weight excluding hydrogens is 2030 g/mol. The number of ketones is 1. The van der Waals surface area contributed by atoms with Gasteiger partial charge in [0.2, 0.25) is 43.5 Å². The third kappa shape index (κ3) is 46.8. The van der Waals surface area contributed by atoms with Crippen molar-refractivity contribution < 1.29 is 163 Å². The van der Waals surface area contributed by atoms with Gasteiger partial charge in [0.1, 0.15) is 30.4 Å². The number of Topliss-reactive ketones (excluding diaryl/α,β-unsaturated/α-hetero) is 1. The van der Waals surface area contributed by atoms with Crippen LogP contribution in [-0.4, -0.2) is 336 Å². The predicted octanol–water partition coefficient (Wildman–Crippen LogP) is 7.37. The van der Waals surface area contributed by atoms with Gasteiger partial charge in [-0.1, -0.05) is 58.7 Å². The maximum atomic E-state index is 13.2. The molecule has 8 rings (SSSR count). The van der Waals surface area contributed by atoms with Gasteiger partial charge in [0.15, 0.2) is 5.71 Å². The molecule has 4 amide bonds. The largest absolute Gasteiger partial charge is 0.457 e. The molecule has 2 aliphatic heterocycles. The lowest BCUT2D eigenvalue weighted by molar-refractivity contribution is -0.438. The fraction of sp³-hybridized carbons (Fsp3) is 0.542. The van der Waals surface area contributed by atoms with E-state index in [4.69, 9.17) is 102 Å². The van der Waals surface area contributed by atoms with E-state index >= 15 is 0 Å². The molecule has 44 nitrogen and oxygen atoms in total. The van der Waals surface area contributed by atoms with Crippen molar-refractivity contribution in [2.75, 3.05) is 234 Å². The normalized spacial score (nSPS) is 14.5. The summed E-state index contributed by atoms with van der Waals surface area (Å²) in [5.41, 5.74) is 7.58. The third-order valence-corrected chi connectivity index (χ3v) is 26.1. The second kappa shape index (κ2) is 65.8. The quantitative estimate of drug-likeness (QED) is 0.0113. The number of sulfonamides is 2. The number of hydrogen-bond donors (Lipinski definition) is 7. The highest BCUT2D eigenvalue weighted by Crippen LogP contribution is 2.49. The van der Waals surface area contributed by atoms with Crippen molar-refractivity contribution in [2.45, 2.75) is 143 Å².